The zero-order chi connectivity index (χ0) is 30.5. The summed E-state index contributed by atoms with van der Waals surface area (Å²) in [6.07, 6.45) is 10.3. The van der Waals surface area contributed by atoms with Gasteiger partial charge in [-0.25, -0.2) is 4.79 Å². The first-order chi connectivity index (χ1) is 19.3. The van der Waals surface area contributed by atoms with Crippen LogP contribution in [0, 0.1) is 40.4 Å². The summed E-state index contributed by atoms with van der Waals surface area (Å²) >= 11 is 0. The maximum atomic E-state index is 12.3. The molecule has 4 saturated carbocycles. The predicted molar refractivity (Wildman–Crippen MR) is 151 cm³/mol. The van der Waals surface area contributed by atoms with E-state index in [1.807, 2.05) is 6.92 Å². The van der Waals surface area contributed by atoms with Gasteiger partial charge in [-0.2, -0.15) is 4.79 Å². The summed E-state index contributed by atoms with van der Waals surface area (Å²) < 4.78 is 5.89. The van der Waals surface area contributed by atoms with Crippen LogP contribution in [0.2, 0.25) is 0 Å². The Labute approximate surface area is 243 Å². The van der Waals surface area contributed by atoms with Crippen LogP contribution in [0.1, 0.15) is 105 Å². The quantitative estimate of drug-likeness (QED) is 0.188. The number of carbonyl (C=O) groups excluding carboxylic acids is 4. The zero-order valence-electron chi connectivity index (χ0n) is 25.2. The van der Waals surface area contributed by atoms with Crippen LogP contribution in [-0.4, -0.2) is 57.7 Å². The topological polar surface area (TPSA) is 163 Å². The van der Waals surface area contributed by atoms with Crippen LogP contribution in [-0.2, 0) is 28.7 Å². The average Bonchev–Trinajstić information content (AvgIpc) is 3.23. The third-order valence-electron chi connectivity index (χ3n) is 10.8. The van der Waals surface area contributed by atoms with Gasteiger partial charge in [0.15, 0.2) is 0 Å². The molecule has 0 bridgehead atoms. The van der Waals surface area contributed by atoms with Crippen molar-refractivity contribution in [2.75, 3.05) is 0 Å². The Morgan fingerprint density at radius 2 is 1.80 bits per heavy atom. The fourth-order valence-corrected chi connectivity index (χ4v) is 8.71. The van der Waals surface area contributed by atoms with Crippen molar-refractivity contribution in [3.8, 4) is 0 Å². The number of esters is 1. The molecule has 0 aromatic carbocycles. The summed E-state index contributed by atoms with van der Waals surface area (Å²) in [6.45, 7) is 10.1. The van der Waals surface area contributed by atoms with Gasteiger partial charge < -0.3 is 20.7 Å². The van der Waals surface area contributed by atoms with E-state index in [4.69, 9.17) is 15.4 Å². The Morgan fingerprint density at radius 1 is 1.12 bits per heavy atom. The molecular formula is C31H47N3O7. The molecule has 0 radical (unpaired) electrons. The molecule has 4 aliphatic rings. The van der Waals surface area contributed by atoms with E-state index >= 15 is 0 Å². The van der Waals surface area contributed by atoms with Crippen LogP contribution < -0.4 is 5.32 Å². The van der Waals surface area contributed by atoms with Crippen molar-refractivity contribution in [2.45, 2.75) is 117 Å². The first-order valence-electron chi connectivity index (χ1n) is 15.2. The van der Waals surface area contributed by atoms with E-state index < -0.39 is 23.7 Å². The van der Waals surface area contributed by atoms with Crippen LogP contribution in [0.5, 0.6) is 0 Å². The number of carboxylic acid groups (broad SMARTS) is 1. The number of aliphatic carboxylic acids is 1. The van der Waals surface area contributed by atoms with E-state index in [2.05, 4.69) is 30.9 Å². The van der Waals surface area contributed by atoms with Crippen LogP contribution in [0.25, 0.3) is 5.53 Å². The van der Waals surface area contributed by atoms with Crippen molar-refractivity contribution in [1.29, 1.82) is 0 Å². The van der Waals surface area contributed by atoms with Crippen molar-refractivity contribution in [3.05, 3.63) is 5.53 Å². The molecule has 0 spiro atoms. The van der Waals surface area contributed by atoms with Gasteiger partial charge >= 0.3 is 18.2 Å². The Hall–Kier alpha value is -2.87. The fraction of sp³-hybridized carbons (Fsp3) is 0.806. The number of hydrogen-bond donors (Lipinski definition) is 2. The third kappa shape index (κ3) is 7.14. The maximum Gasteiger partial charge on any atom is 0.326 e. The number of ether oxygens (including phenoxy) is 1. The number of fused-ring (bicyclic) bond motifs is 5. The second-order valence-electron chi connectivity index (χ2n) is 13.2. The lowest BCUT2D eigenvalue weighted by molar-refractivity contribution is -0.165. The lowest BCUT2D eigenvalue weighted by atomic mass is 9.44. The molecule has 2 N–H and O–H groups in total. The molecule has 228 valence electrons. The minimum absolute atomic E-state index is 0.0331. The SMILES string of the molecule is CC(=O)N[C@@H](CCC(=O)C=[N+]=[N-])C(=O)O.CCC(=O)O[C@H]1CC[C@H]2[C@@H]3CC[C@H]4CC(=O)[C@H](C)C[C@]4(C)[C@H]3CC[C@]12C. The van der Waals surface area contributed by atoms with E-state index in [0.717, 1.165) is 31.1 Å². The Balaban J connectivity index is 0.000000266. The summed E-state index contributed by atoms with van der Waals surface area (Å²) in [4.78, 5) is 58.8. The molecule has 4 rings (SSSR count). The number of amides is 1. The minimum Gasteiger partial charge on any atom is -0.480 e. The minimum atomic E-state index is -1.21. The van der Waals surface area contributed by atoms with E-state index in [1.54, 1.807) is 0 Å². The highest BCUT2D eigenvalue weighted by Crippen LogP contribution is 2.66. The fourth-order valence-electron chi connectivity index (χ4n) is 8.71. The maximum absolute atomic E-state index is 12.3. The number of nitrogens with one attached hydrogen (secondary N) is 1. The summed E-state index contributed by atoms with van der Waals surface area (Å²) in [6, 6.07) is -1.10. The highest BCUT2D eigenvalue weighted by Gasteiger charge is 2.61. The largest absolute Gasteiger partial charge is 0.480 e. The predicted octanol–water partition coefficient (Wildman–Crippen LogP) is 4.39. The smallest absolute Gasteiger partial charge is 0.326 e. The normalized spacial score (nSPS) is 36.1. The molecule has 4 fully saturated rings. The summed E-state index contributed by atoms with van der Waals surface area (Å²) in [5, 5.41) is 10.8. The van der Waals surface area contributed by atoms with Gasteiger partial charge in [0.05, 0.1) is 0 Å². The average molecular weight is 574 g/mol. The number of carbonyl (C=O) groups is 5. The zero-order valence-corrected chi connectivity index (χ0v) is 25.2. The monoisotopic (exact) mass is 573 g/mol. The number of carboxylic acids is 1. The first-order valence-corrected chi connectivity index (χ1v) is 15.2. The molecule has 0 aromatic heterocycles. The van der Waals surface area contributed by atoms with Crippen molar-refractivity contribution in [2.24, 2.45) is 40.4 Å². The summed E-state index contributed by atoms with van der Waals surface area (Å²) in [5.74, 6) is 1.34. The molecule has 0 aromatic rings. The molecule has 0 saturated heterocycles. The lowest BCUT2D eigenvalue weighted by Gasteiger charge is -2.60. The van der Waals surface area contributed by atoms with Gasteiger partial charge in [-0.1, -0.05) is 27.7 Å². The van der Waals surface area contributed by atoms with Gasteiger partial charge in [-0.05, 0) is 80.5 Å². The van der Waals surface area contributed by atoms with Crippen molar-refractivity contribution in [1.82, 2.24) is 5.32 Å². The van der Waals surface area contributed by atoms with Crippen LogP contribution in [0.3, 0.4) is 0 Å². The third-order valence-corrected chi connectivity index (χ3v) is 10.8. The molecule has 10 heteroatoms. The van der Waals surface area contributed by atoms with Crippen LogP contribution in [0.15, 0.2) is 0 Å². The molecule has 0 heterocycles. The van der Waals surface area contributed by atoms with Crippen molar-refractivity contribution < 1.29 is 38.6 Å². The van der Waals surface area contributed by atoms with E-state index in [9.17, 15) is 24.0 Å². The number of nitrogens with zero attached hydrogens (tertiary/aromatic N) is 2. The van der Waals surface area contributed by atoms with Crippen LogP contribution >= 0.6 is 0 Å². The van der Waals surface area contributed by atoms with E-state index in [-0.39, 0.29) is 36.2 Å². The van der Waals surface area contributed by atoms with Gasteiger partial charge in [-0.15, -0.1) is 0 Å². The Morgan fingerprint density at radius 3 is 2.41 bits per heavy atom. The van der Waals surface area contributed by atoms with Gasteiger partial charge in [0.25, 0.3) is 0 Å². The summed E-state index contributed by atoms with van der Waals surface area (Å²) in [7, 11) is 0. The molecule has 41 heavy (non-hydrogen) atoms. The molecule has 10 nitrogen and oxygen atoms in total. The molecular weight excluding hydrogens is 526 g/mol. The second-order valence-corrected chi connectivity index (χ2v) is 13.2. The van der Waals surface area contributed by atoms with Gasteiger partial charge in [0.1, 0.15) is 17.9 Å². The van der Waals surface area contributed by atoms with Gasteiger partial charge in [0.2, 0.25) is 11.7 Å². The molecule has 4 aliphatic carbocycles. The molecule has 0 aliphatic heterocycles. The standard InChI is InChI=1S/C23H36O3.C8H11N3O4/c1-5-21(25)26-20-9-8-17-16-7-6-15-12-19(24)14(2)13-23(15,4)18(16)10-11-22(17,20)3;1-5(12)11-7(8(14)15)3-2-6(13)4-10-9/h14-18,20H,5-13H2,1-4H3;4,7H,2-3H2,1H3,(H,11,12)(H,14,15)/t14-,15+,16+,17+,18+,20+,22+,23+;7-/m10/s1. The number of Topliss-reactive ketones (excluding diaryl/α,β-unsaturated/α-hetero) is 2. The molecule has 1 amide bonds. The highest BCUT2D eigenvalue weighted by molar-refractivity contribution is 6.25. The lowest BCUT2D eigenvalue weighted by Crippen LogP contribution is -2.55. The second kappa shape index (κ2) is 13.4. The highest BCUT2D eigenvalue weighted by atomic mass is 16.5. The van der Waals surface area contributed by atoms with Crippen molar-refractivity contribution >= 4 is 35.6 Å². The number of rotatable bonds is 8. The molecule has 0 unspecified atom stereocenters. The Bertz CT molecular complexity index is 1090. The van der Waals surface area contributed by atoms with E-state index in [1.165, 1.54) is 39.0 Å². The number of hydrogen-bond acceptors (Lipinski definition) is 6. The summed E-state index contributed by atoms with van der Waals surface area (Å²) in [5.41, 5.74) is 8.53. The van der Waals surface area contributed by atoms with Gasteiger partial charge in [-0.3, -0.25) is 19.2 Å². The Kier molecular flexibility index (Phi) is 10.7. The van der Waals surface area contributed by atoms with Crippen molar-refractivity contribution in [3.63, 3.8) is 0 Å². The first kappa shape index (κ1) is 32.6. The van der Waals surface area contributed by atoms with E-state index in [0.29, 0.717) is 35.7 Å². The van der Waals surface area contributed by atoms with Crippen LogP contribution in [0.4, 0.5) is 0 Å². The molecule has 9 atom stereocenters. The van der Waals surface area contributed by atoms with Gasteiger partial charge in [0, 0.05) is 37.5 Å². The number of ketones is 2.